The van der Waals surface area contributed by atoms with Crippen LogP contribution in [0.1, 0.15) is 18.4 Å². The third-order valence-corrected chi connectivity index (χ3v) is 5.90. The molecule has 4 nitrogen and oxygen atoms in total. The highest BCUT2D eigenvalue weighted by Crippen LogP contribution is 2.28. The molecular formula is C18H25Cl2N3O. The van der Waals surface area contributed by atoms with Gasteiger partial charge >= 0.3 is 0 Å². The van der Waals surface area contributed by atoms with Gasteiger partial charge in [0.2, 0.25) is 5.91 Å². The van der Waals surface area contributed by atoms with E-state index in [9.17, 15) is 4.79 Å². The summed E-state index contributed by atoms with van der Waals surface area (Å²) in [4.78, 5) is 19.4. The lowest BCUT2D eigenvalue weighted by Gasteiger charge is -2.37. The van der Waals surface area contributed by atoms with Gasteiger partial charge in [0.25, 0.3) is 0 Å². The normalized spacial score (nSPS) is 21.2. The highest BCUT2D eigenvalue weighted by Gasteiger charge is 2.30. The number of carbonyl (C=O) groups is 1. The Labute approximate surface area is 154 Å². The maximum Gasteiger partial charge on any atom is 0.225 e. The van der Waals surface area contributed by atoms with Crippen LogP contribution in [0.2, 0.25) is 10.0 Å². The van der Waals surface area contributed by atoms with Gasteiger partial charge in [0.1, 0.15) is 0 Å². The molecule has 24 heavy (non-hydrogen) atoms. The molecule has 0 bridgehead atoms. The van der Waals surface area contributed by atoms with Crippen LogP contribution in [0, 0.1) is 5.92 Å². The van der Waals surface area contributed by atoms with Crippen molar-refractivity contribution in [3.8, 4) is 0 Å². The summed E-state index contributed by atoms with van der Waals surface area (Å²) < 4.78 is 0. The molecule has 1 aromatic rings. The third-order valence-electron chi connectivity index (χ3n) is 5.20. The van der Waals surface area contributed by atoms with Crippen LogP contribution >= 0.6 is 23.2 Å². The molecule has 0 N–H and O–H groups in total. The number of nitrogens with zero attached hydrogens (tertiary/aromatic N) is 3. The van der Waals surface area contributed by atoms with Crippen LogP contribution in [0.3, 0.4) is 0 Å². The molecule has 2 aliphatic rings. The van der Waals surface area contributed by atoms with Gasteiger partial charge in [-0.2, -0.15) is 0 Å². The first kappa shape index (κ1) is 18.0. The van der Waals surface area contributed by atoms with Gasteiger partial charge in [0.15, 0.2) is 0 Å². The number of piperidine rings is 1. The second-order valence-electron chi connectivity index (χ2n) is 6.88. The van der Waals surface area contributed by atoms with Crippen LogP contribution in [0.5, 0.6) is 0 Å². The van der Waals surface area contributed by atoms with Crippen molar-refractivity contribution in [3.05, 3.63) is 33.8 Å². The van der Waals surface area contributed by atoms with Gasteiger partial charge < -0.3 is 9.80 Å². The number of carbonyl (C=O) groups excluding carboxylic acids is 1. The molecule has 0 unspecified atom stereocenters. The lowest BCUT2D eigenvalue weighted by atomic mass is 9.94. The molecule has 0 saturated carbocycles. The summed E-state index contributed by atoms with van der Waals surface area (Å²) in [5, 5.41) is 1.44. The minimum Gasteiger partial charge on any atom is -0.340 e. The summed E-state index contributed by atoms with van der Waals surface area (Å²) in [6, 6.07) is 5.63. The first-order chi connectivity index (χ1) is 11.5. The predicted molar refractivity (Wildman–Crippen MR) is 98.5 cm³/mol. The molecule has 0 radical (unpaired) electrons. The van der Waals surface area contributed by atoms with Crippen molar-refractivity contribution in [1.82, 2.24) is 14.7 Å². The van der Waals surface area contributed by atoms with Crippen LogP contribution in [-0.2, 0) is 11.3 Å². The van der Waals surface area contributed by atoms with Gasteiger partial charge in [0.05, 0.1) is 0 Å². The fourth-order valence-corrected chi connectivity index (χ4v) is 4.05. The average molecular weight is 370 g/mol. The molecule has 0 aliphatic carbocycles. The Morgan fingerprint density at radius 1 is 1.04 bits per heavy atom. The van der Waals surface area contributed by atoms with E-state index in [-0.39, 0.29) is 5.92 Å². The van der Waals surface area contributed by atoms with E-state index >= 15 is 0 Å². The molecule has 3 rings (SSSR count). The van der Waals surface area contributed by atoms with E-state index in [1.807, 2.05) is 23.1 Å². The number of amides is 1. The van der Waals surface area contributed by atoms with Crippen LogP contribution in [0.25, 0.3) is 0 Å². The first-order valence-corrected chi connectivity index (χ1v) is 9.43. The standard InChI is InChI=1S/C18H25Cl2N3O/c1-21-9-11-23(12-10-21)18(24)14-5-7-22(8-6-14)13-15-16(19)3-2-4-17(15)20/h2-4,14H,5-13H2,1H3. The highest BCUT2D eigenvalue weighted by molar-refractivity contribution is 6.35. The Kier molecular flexibility index (Phi) is 6.03. The van der Waals surface area contributed by atoms with Crippen molar-refractivity contribution in [2.45, 2.75) is 19.4 Å². The summed E-state index contributed by atoms with van der Waals surface area (Å²) in [6.45, 7) is 6.30. The first-order valence-electron chi connectivity index (χ1n) is 8.67. The fraction of sp³-hybridized carbons (Fsp3) is 0.611. The Bertz CT molecular complexity index is 559. The number of likely N-dealkylation sites (tertiary alicyclic amines) is 1. The quantitative estimate of drug-likeness (QED) is 0.819. The van der Waals surface area contributed by atoms with Gasteiger partial charge in [0, 0.05) is 54.3 Å². The number of hydrogen-bond acceptors (Lipinski definition) is 3. The Hall–Kier alpha value is -0.810. The maximum atomic E-state index is 12.7. The highest BCUT2D eigenvalue weighted by atomic mass is 35.5. The van der Waals surface area contributed by atoms with Crippen molar-refractivity contribution >= 4 is 29.1 Å². The van der Waals surface area contributed by atoms with Gasteiger partial charge in [-0.3, -0.25) is 9.69 Å². The van der Waals surface area contributed by atoms with E-state index in [0.717, 1.165) is 74.3 Å². The SMILES string of the molecule is CN1CCN(C(=O)C2CCN(Cc3c(Cl)cccc3Cl)CC2)CC1. The Morgan fingerprint density at radius 2 is 1.62 bits per heavy atom. The zero-order valence-corrected chi connectivity index (χ0v) is 15.7. The summed E-state index contributed by atoms with van der Waals surface area (Å²) in [5.74, 6) is 0.518. The topological polar surface area (TPSA) is 26.8 Å². The monoisotopic (exact) mass is 369 g/mol. The number of rotatable bonds is 3. The van der Waals surface area contributed by atoms with E-state index in [1.54, 1.807) is 0 Å². The van der Waals surface area contributed by atoms with Crippen molar-refractivity contribution < 1.29 is 4.79 Å². The number of likely N-dealkylation sites (N-methyl/N-ethyl adjacent to an activating group) is 1. The number of benzene rings is 1. The summed E-state index contributed by atoms with van der Waals surface area (Å²) in [7, 11) is 2.11. The van der Waals surface area contributed by atoms with Crippen LogP contribution in [-0.4, -0.2) is 66.9 Å². The molecule has 1 amide bonds. The fourth-order valence-electron chi connectivity index (χ4n) is 3.53. The number of hydrogen-bond donors (Lipinski definition) is 0. The van der Waals surface area contributed by atoms with Gasteiger partial charge in [-0.25, -0.2) is 0 Å². The van der Waals surface area contributed by atoms with E-state index in [2.05, 4.69) is 16.8 Å². The molecule has 132 valence electrons. The molecule has 2 fully saturated rings. The maximum absolute atomic E-state index is 12.7. The van der Waals surface area contributed by atoms with E-state index in [1.165, 1.54) is 0 Å². The molecular weight excluding hydrogens is 345 g/mol. The number of halogens is 2. The molecule has 6 heteroatoms. The molecule has 0 atom stereocenters. The van der Waals surface area contributed by atoms with Gasteiger partial charge in [-0.1, -0.05) is 29.3 Å². The summed E-state index contributed by atoms with van der Waals surface area (Å²) in [6.07, 6.45) is 1.85. The van der Waals surface area contributed by atoms with E-state index in [4.69, 9.17) is 23.2 Å². The van der Waals surface area contributed by atoms with Crippen LogP contribution in [0.15, 0.2) is 18.2 Å². The lowest BCUT2D eigenvalue weighted by Crippen LogP contribution is -2.50. The number of piperazine rings is 1. The second kappa shape index (κ2) is 8.05. The van der Waals surface area contributed by atoms with Crippen molar-refractivity contribution in [2.75, 3.05) is 46.3 Å². The van der Waals surface area contributed by atoms with E-state index < -0.39 is 0 Å². The van der Waals surface area contributed by atoms with Gasteiger partial charge in [-0.15, -0.1) is 0 Å². The molecule has 1 aromatic carbocycles. The molecule has 0 spiro atoms. The third kappa shape index (κ3) is 4.23. The summed E-state index contributed by atoms with van der Waals surface area (Å²) >= 11 is 12.5. The largest absolute Gasteiger partial charge is 0.340 e. The van der Waals surface area contributed by atoms with Gasteiger partial charge in [-0.05, 0) is 45.1 Å². The van der Waals surface area contributed by atoms with Crippen LogP contribution < -0.4 is 0 Å². The van der Waals surface area contributed by atoms with Crippen molar-refractivity contribution in [1.29, 1.82) is 0 Å². The lowest BCUT2D eigenvalue weighted by molar-refractivity contribution is -0.138. The van der Waals surface area contributed by atoms with Crippen molar-refractivity contribution in [2.24, 2.45) is 5.92 Å². The minimum absolute atomic E-state index is 0.173. The molecule has 2 saturated heterocycles. The van der Waals surface area contributed by atoms with E-state index in [0.29, 0.717) is 5.91 Å². The molecule has 0 aromatic heterocycles. The zero-order valence-electron chi connectivity index (χ0n) is 14.2. The molecule has 2 heterocycles. The van der Waals surface area contributed by atoms with Crippen molar-refractivity contribution in [3.63, 3.8) is 0 Å². The minimum atomic E-state index is 0.173. The predicted octanol–water partition coefficient (Wildman–Crippen LogP) is 2.98. The van der Waals surface area contributed by atoms with Crippen LogP contribution in [0.4, 0.5) is 0 Å². The average Bonchev–Trinajstić information content (AvgIpc) is 2.59. The Balaban J connectivity index is 1.51. The summed E-state index contributed by atoms with van der Waals surface area (Å²) in [5.41, 5.74) is 0.990. The zero-order chi connectivity index (χ0) is 17.1. The second-order valence-corrected chi connectivity index (χ2v) is 7.69. The smallest absolute Gasteiger partial charge is 0.225 e. The molecule has 2 aliphatic heterocycles. The Morgan fingerprint density at radius 3 is 2.21 bits per heavy atom.